The number of methoxy groups -OCH3 is 1. The Hall–Kier alpha value is -2.42. The number of nitrogens with two attached hydrogens (primary N) is 1. The summed E-state index contributed by atoms with van der Waals surface area (Å²) in [5.41, 5.74) is 9.25. The van der Waals surface area contributed by atoms with Gasteiger partial charge < -0.3 is 25.6 Å². The second kappa shape index (κ2) is 12.6. The smallest absolute Gasteiger partial charge is 0.231 e. The van der Waals surface area contributed by atoms with E-state index in [0.717, 1.165) is 63.1 Å². The summed E-state index contributed by atoms with van der Waals surface area (Å²) in [6, 6.07) is 9.26. The molecule has 1 aromatic heterocycles. The standard InChI is InChI=1S/C32H50N6O2/c1-23(2)38-30-27(20-34-38)28(31(39)37-17-13-26(22-37)40-4)32(14-8-6-5-7-9-15-32)29(35-30)25-12-10-11-24(19-25)21-36(3)18-16-33/h10-12,19-20,23,26,28-29,35H,5-9,13-18,21-22,33H2,1-4H3. The zero-order valence-electron chi connectivity index (χ0n) is 25.1. The van der Waals surface area contributed by atoms with Crippen molar-refractivity contribution in [1.29, 1.82) is 0 Å². The minimum Gasteiger partial charge on any atom is -0.380 e. The molecule has 220 valence electrons. The van der Waals surface area contributed by atoms with E-state index in [1.54, 1.807) is 7.11 Å². The van der Waals surface area contributed by atoms with Crippen LogP contribution < -0.4 is 11.1 Å². The molecule has 2 fully saturated rings. The molecule has 1 aromatic carbocycles. The van der Waals surface area contributed by atoms with Gasteiger partial charge in [0, 0.05) is 56.9 Å². The van der Waals surface area contributed by atoms with E-state index >= 15 is 0 Å². The van der Waals surface area contributed by atoms with Crippen LogP contribution in [0.4, 0.5) is 5.82 Å². The number of ether oxygens (including phenoxy) is 1. The lowest BCUT2D eigenvalue weighted by atomic mass is 9.58. The second-order valence-electron chi connectivity index (χ2n) is 12.7. The van der Waals surface area contributed by atoms with Crippen LogP contribution >= 0.6 is 0 Å². The normalized spacial score (nSPS) is 24.7. The number of aromatic nitrogens is 2. The summed E-state index contributed by atoms with van der Waals surface area (Å²) < 4.78 is 7.76. The number of likely N-dealkylation sites (N-methyl/N-ethyl adjacent to an activating group) is 1. The van der Waals surface area contributed by atoms with Crippen molar-refractivity contribution in [2.24, 2.45) is 11.1 Å². The van der Waals surface area contributed by atoms with Gasteiger partial charge in [-0.1, -0.05) is 56.4 Å². The Balaban J connectivity index is 1.63. The van der Waals surface area contributed by atoms with E-state index in [-0.39, 0.29) is 35.4 Å². The van der Waals surface area contributed by atoms with E-state index in [9.17, 15) is 4.79 Å². The molecule has 2 aliphatic heterocycles. The third-order valence-corrected chi connectivity index (χ3v) is 9.62. The lowest BCUT2D eigenvalue weighted by Crippen LogP contribution is -2.50. The fourth-order valence-electron chi connectivity index (χ4n) is 7.61. The molecule has 3 aliphatic rings. The summed E-state index contributed by atoms with van der Waals surface area (Å²) in [7, 11) is 3.89. The Bertz CT molecular complexity index is 1140. The maximum atomic E-state index is 14.7. The average molecular weight is 551 g/mol. The molecule has 1 amide bonds. The highest BCUT2D eigenvalue weighted by atomic mass is 16.5. The molecule has 1 saturated heterocycles. The van der Waals surface area contributed by atoms with Gasteiger partial charge in [-0.05, 0) is 51.3 Å². The third kappa shape index (κ3) is 5.68. The van der Waals surface area contributed by atoms with Gasteiger partial charge in [0.15, 0.2) is 0 Å². The largest absolute Gasteiger partial charge is 0.380 e. The Morgan fingerprint density at radius 2 is 1.98 bits per heavy atom. The van der Waals surface area contributed by atoms with Crippen LogP contribution in [-0.2, 0) is 16.1 Å². The summed E-state index contributed by atoms with van der Waals surface area (Å²) in [6.07, 6.45) is 11.1. The topological polar surface area (TPSA) is 88.7 Å². The number of carbonyl (C=O) groups excluding carboxylic acids is 1. The highest BCUT2D eigenvalue weighted by molar-refractivity contribution is 5.88. The van der Waals surface area contributed by atoms with Crippen LogP contribution in [0.3, 0.4) is 0 Å². The quantitative estimate of drug-likeness (QED) is 0.476. The van der Waals surface area contributed by atoms with Gasteiger partial charge in [-0.2, -0.15) is 5.10 Å². The number of nitrogens with one attached hydrogen (secondary N) is 1. The summed E-state index contributed by atoms with van der Waals surface area (Å²) in [5, 5.41) is 8.88. The van der Waals surface area contributed by atoms with Gasteiger partial charge in [-0.3, -0.25) is 4.79 Å². The molecule has 0 bridgehead atoms. The Morgan fingerprint density at radius 1 is 1.23 bits per heavy atom. The van der Waals surface area contributed by atoms with Gasteiger partial charge in [0.2, 0.25) is 5.91 Å². The van der Waals surface area contributed by atoms with Gasteiger partial charge in [0.05, 0.1) is 24.3 Å². The zero-order chi connectivity index (χ0) is 28.3. The van der Waals surface area contributed by atoms with Crippen LogP contribution in [-0.4, -0.2) is 71.9 Å². The molecule has 1 spiro atoms. The Kier molecular flexibility index (Phi) is 9.18. The summed E-state index contributed by atoms with van der Waals surface area (Å²) >= 11 is 0. The molecule has 1 saturated carbocycles. The molecule has 3 atom stereocenters. The van der Waals surface area contributed by atoms with Crippen molar-refractivity contribution in [3.8, 4) is 0 Å². The van der Waals surface area contributed by atoms with Crippen LogP contribution in [0.5, 0.6) is 0 Å². The maximum absolute atomic E-state index is 14.7. The minimum absolute atomic E-state index is 0.0295. The molecule has 8 nitrogen and oxygen atoms in total. The molecule has 40 heavy (non-hydrogen) atoms. The lowest BCUT2D eigenvalue weighted by molar-refractivity contribution is -0.137. The Labute approximate surface area is 240 Å². The van der Waals surface area contributed by atoms with E-state index in [4.69, 9.17) is 15.6 Å². The van der Waals surface area contributed by atoms with E-state index in [1.807, 2.05) is 6.20 Å². The number of fused-ring (bicyclic) bond motifs is 1. The fraction of sp³-hybridized carbons (Fsp3) is 0.688. The molecule has 1 aliphatic carbocycles. The van der Waals surface area contributed by atoms with Gasteiger partial charge in [-0.25, -0.2) is 4.68 Å². The number of likely N-dealkylation sites (tertiary alicyclic amines) is 1. The zero-order valence-corrected chi connectivity index (χ0v) is 25.1. The number of amides is 1. The van der Waals surface area contributed by atoms with Gasteiger partial charge >= 0.3 is 0 Å². The minimum atomic E-state index is -0.224. The molecule has 5 rings (SSSR count). The monoisotopic (exact) mass is 550 g/mol. The molecule has 3 heterocycles. The van der Waals surface area contributed by atoms with E-state index in [0.29, 0.717) is 13.1 Å². The number of rotatable bonds is 8. The molecule has 0 radical (unpaired) electrons. The maximum Gasteiger partial charge on any atom is 0.231 e. The molecule has 3 unspecified atom stereocenters. The summed E-state index contributed by atoms with van der Waals surface area (Å²) in [5.74, 6) is 1.05. The first-order valence-corrected chi connectivity index (χ1v) is 15.5. The average Bonchev–Trinajstić information content (AvgIpc) is 3.57. The molecule has 2 aromatic rings. The molecule has 8 heteroatoms. The number of hydrogen-bond acceptors (Lipinski definition) is 6. The Morgan fingerprint density at radius 3 is 2.65 bits per heavy atom. The highest BCUT2D eigenvalue weighted by Gasteiger charge is 2.55. The first-order chi connectivity index (χ1) is 19.4. The second-order valence-corrected chi connectivity index (χ2v) is 12.7. The lowest BCUT2D eigenvalue weighted by Gasteiger charge is -2.51. The van der Waals surface area contributed by atoms with Crippen LogP contribution in [0.2, 0.25) is 0 Å². The van der Waals surface area contributed by atoms with Crippen molar-refractivity contribution in [3.63, 3.8) is 0 Å². The molecular formula is C32H50N6O2. The van der Waals surface area contributed by atoms with Crippen molar-refractivity contribution in [2.75, 3.05) is 45.7 Å². The van der Waals surface area contributed by atoms with Crippen LogP contribution in [0.25, 0.3) is 0 Å². The summed E-state index contributed by atoms with van der Waals surface area (Å²) in [6.45, 7) is 8.14. The van der Waals surface area contributed by atoms with E-state index in [2.05, 4.69) is 65.0 Å². The number of carbonyl (C=O) groups is 1. The number of anilines is 1. The van der Waals surface area contributed by atoms with Gasteiger partial charge in [0.25, 0.3) is 0 Å². The highest BCUT2D eigenvalue weighted by Crippen LogP contribution is 2.59. The van der Waals surface area contributed by atoms with E-state index < -0.39 is 0 Å². The first kappa shape index (κ1) is 29.1. The summed E-state index contributed by atoms with van der Waals surface area (Å²) in [4.78, 5) is 19.1. The van der Waals surface area contributed by atoms with E-state index in [1.165, 1.54) is 30.4 Å². The fourth-order valence-corrected chi connectivity index (χ4v) is 7.61. The number of hydrogen-bond donors (Lipinski definition) is 2. The number of nitrogens with zero attached hydrogens (tertiary/aromatic N) is 4. The van der Waals surface area contributed by atoms with Crippen molar-refractivity contribution >= 4 is 11.7 Å². The predicted octanol–water partition coefficient (Wildman–Crippen LogP) is 5.08. The predicted molar refractivity (Wildman–Crippen MR) is 160 cm³/mol. The van der Waals surface area contributed by atoms with Crippen molar-refractivity contribution in [3.05, 3.63) is 47.2 Å². The molecular weight excluding hydrogens is 500 g/mol. The number of benzene rings is 1. The van der Waals surface area contributed by atoms with Crippen molar-refractivity contribution in [2.45, 2.75) is 95.9 Å². The molecule has 3 N–H and O–H groups in total. The van der Waals surface area contributed by atoms with Crippen LogP contribution in [0.15, 0.2) is 30.5 Å². The van der Waals surface area contributed by atoms with Gasteiger partial charge in [0.1, 0.15) is 5.82 Å². The SMILES string of the molecule is COC1CCN(C(=O)C2c3cnn(C(C)C)c3NC(c3cccc(CN(C)CCN)c3)C23CCCCCCC3)C1. The first-order valence-electron chi connectivity index (χ1n) is 15.5. The van der Waals surface area contributed by atoms with Crippen molar-refractivity contribution < 1.29 is 9.53 Å². The van der Waals surface area contributed by atoms with Crippen LogP contribution in [0.1, 0.15) is 99.9 Å². The van der Waals surface area contributed by atoms with Crippen molar-refractivity contribution in [1.82, 2.24) is 19.6 Å². The van der Waals surface area contributed by atoms with Gasteiger partial charge in [-0.15, -0.1) is 0 Å². The third-order valence-electron chi connectivity index (χ3n) is 9.62. The van der Waals surface area contributed by atoms with Crippen LogP contribution in [0, 0.1) is 5.41 Å².